The number of aliphatic carboxylic acids is 1. The van der Waals surface area contributed by atoms with E-state index in [4.69, 9.17) is 0 Å². The van der Waals surface area contributed by atoms with Crippen LogP contribution in [0.5, 0.6) is 0 Å². The summed E-state index contributed by atoms with van der Waals surface area (Å²) in [7, 11) is 0. The molecule has 2 aromatic rings. The second-order valence-electron chi connectivity index (χ2n) is 4.79. The number of hydrogen-bond acceptors (Lipinski definition) is 4. The molecule has 0 fully saturated rings. The molecule has 1 amide bonds. The minimum atomic E-state index is -1.12. The van der Waals surface area contributed by atoms with Crippen molar-refractivity contribution in [2.75, 3.05) is 0 Å². The maximum Gasteiger partial charge on any atom is 0.330 e. The Labute approximate surface area is 128 Å². The third-order valence-corrected chi connectivity index (χ3v) is 3.18. The topological polar surface area (TPSA) is 92.2 Å². The summed E-state index contributed by atoms with van der Waals surface area (Å²) in [5.74, 6) is -1.60. The number of aryl methyl sites for hydroxylation is 1. The quantitative estimate of drug-likeness (QED) is 0.851. The number of carboxylic acids is 1. The van der Waals surface area contributed by atoms with Gasteiger partial charge in [-0.2, -0.15) is 0 Å². The lowest BCUT2D eigenvalue weighted by molar-refractivity contribution is -0.139. The zero-order chi connectivity index (χ0) is 15.9. The maximum atomic E-state index is 12.4. The van der Waals surface area contributed by atoms with Gasteiger partial charge in [-0.05, 0) is 12.0 Å². The molecule has 0 radical (unpaired) electrons. The SMILES string of the molecule is CCCc1ncncc1C(=O)N[C@H](C(=O)O)c1ccccc1. The predicted octanol–water partition coefficient (Wildman–Crippen LogP) is 1.98. The Hall–Kier alpha value is -2.76. The van der Waals surface area contributed by atoms with Crippen LogP contribution in [0.4, 0.5) is 0 Å². The van der Waals surface area contributed by atoms with Crippen LogP contribution >= 0.6 is 0 Å². The van der Waals surface area contributed by atoms with E-state index >= 15 is 0 Å². The van der Waals surface area contributed by atoms with Gasteiger partial charge in [0.25, 0.3) is 5.91 Å². The Morgan fingerprint density at radius 3 is 2.64 bits per heavy atom. The molecular formula is C16H17N3O3. The van der Waals surface area contributed by atoms with E-state index in [0.29, 0.717) is 23.2 Å². The van der Waals surface area contributed by atoms with E-state index in [0.717, 1.165) is 6.42 Å². The molecule has 0 aliphatic carbocycles. The molecule has 0 bridgehead atoms. The van der Waals surface area contributed by atoms with Crippen LogP contribution in [0.25, 0.3) is 0 Å². The minimum Gasteiger partial charge on any atom is -0.479 e. The number of hydrogen-bond donors (Lipinski definition) is 2. The molecule has 114 valence electrons. The number of carboxylic acid groups (broad SMARTS) is 1. The fourth-order valence-electron chi connectivity index (χ4n) is 2.12. The molecule has 1 heterocycles. The number of carbonyl (C=O) groups excluding carboxylic acids is 1. The summed E-state index contributed by atoms with van der Waals surface area (Å²) in [6.07, 6.45) is 4.26. The predicted molar refractivity (Wildman–Crippen MR) is 80.3 cm³/mol. The summed E-state index contributed by atoms with van der Waals surface area (Å²) in [6, 6.07) is 7.45. The van der Waals surface area contributed by atoms with Crippen LogP contribution in [-0.4, -0.2) is 27.0 Å². The van der Waals surface area contributed by atoms with Gasteiger partial charge in [0.05, 0.1) is 11.3 Å². The molecule has 6 heteroatoms. The largest absolute Gasteiger partial charge is 0.479 e. The van der Waals surface area contributed by atoms with Gasteiger partial charge in [-0.1, -0.05) is 43.7 Å². The molecule has 0 spiro atoms. The van der Waals surface area contributed by atoms with Gasteiger partial charge in [-0.3, -0.25) is 4.79 Å². The average Bonchev–Trinajstić information content (AvgIpc) is 2.54. The second kappa shape index (κ2) is 7.31. The fraction of sp³-hybridized carbons (Fsp3) is 0.250. The number of benzene rings is 1. The molecule has 0 saturated carbocycles. The van der Waals surface area contributed by atoms with Crippen molar-refractivity contribution in [1.29, 1.82) is 0 Å². The third kappa shape index (κ3) is 3.66. The first-order valence-electron chi connectivity index (χ1n) is 7.01. The van der Waals surface area contributed by atoms with Gasteiger partial charge in [0.15, 0.2) is 6.04 Å². The van der Waals surface area contributed by atoms with E-state index in [1.807, 2.05) is 6.92 Å². The summed E-state index contributed by atoms with van der Waals surface area (Å²) < 4.78 is 0. The lowest BCUT2D eigenvalue weighted by atomic mass is 10.1. The van der Waals surface area contributed by atoms with E-state index < -0.39 is 17.9 Å². The summed E-state index contributed by atoms with van der Waals surface area (Å²) in [5.41, 5.74) is 1.44. The highest BCUT2D eigenvalue weighted by molar-refractivity contribution is 5.97. The van der Waals surface area contributed by atoms with Gasteiger partial charge in [-0.25, -0.2) is 14.8 Å². The Morgan fingerprint density at radius 2 is 2.00 bits per heavy atom. The Kier molecular flexibility index (Phi) is 5.19. The lowest BCUT2D eigenvalue weighted by Gasteiger charge is -2.15. The first kappa shape index (κ1) is 15.6. The molecule has 6 nitrogen and oxygen atoms in total. The first-order chi connectivity index (χ1) is 10.6. The molecule has 2 N–H and O–H groups in total. The number of amides is 1. The van der Waals surface area contributed by atoms with Crippen LogP contribution in [0.3, 0.4) is 0 Å². The van der Waals surface area contributed by atoms with E-state index in [2.05, 4.69) is 15.3 Å². The molecule has 2 rings (SSSR count). The van der Waals surface area contributed by atoms with Crippen LogP contribution < -0.4 is 5.32 Å². The van der Waals surface area contributed by atoms with E-state index in [1.165, 1.54) is 12.5 Å². The summed E-state index contributed by atoms with van der Waals surface area (Å²) in [4.78, 5) is 31.8. The standard InChI is InChI=1S/C16H17N3O3/c1-2-6-13-12(9-17-10-18-13)15(20)19-14(16(21)22)11-7-4-3-5-8-11/h3-5,7-10,14H,2,6H2,1H3,(H,19,20)(H,21,22)/t14-/m0/s1. The Balaban J connectivity index is 2.24. The maximum absolute atomic E-state index is 12.4. The molecule has 1 aromatic carbocycles. The number of nitrogens with one attached hydrogen (secondary N) is 1. The normalized spacial score (nSPS) is 11.7. The molecule has 1 atom stereocenters. The highest BCUT2D eigenvalue weighted by Crippen LogP contribution is 2.15. The van der Waals surface area contributed by atoms with Crippen molar-refractivity contribution in [3.8, 4) is 0 Å². The van der Waals surface area contributed by atoms with Crippen molar-refractivity contribution in [3.63, 3.8) is 0 Å². The van der Waals surface area contributed by atoms with Crippen molar-refractivity contribution in [1.82, 2.24) is 15.3 Å². The minimum absolute atomic E-state index is 0.312. The molecule has 0 aliphatic rings. The van der Waals surface area contributed by atoms with Crippen LogP contribution in [0.2, 0.25) is 0 Å². The van der Waals surface area contributed by atoms with Crippen molar-refractivity contribution < 1.29 is 14.7 Å². The molecule has 0 aliphatic heterocycles. The molecule has 22 heavy (non-hydrogen) atoms. The monoisotopic (exact) mass is 299 g/mol. The smallest absolute Gasteiger partial charge is 0.330 e. The van der Waals surface area contributed by atoms with Gasteiger partial charge in [-0.15, -0.1) is 0 Å². The van der Waals surface area contributed by atoms with Crippen LogP contribution in [-0.2, 0) is 11.2 Å². The number of carbonyl (C=O) groups is 2. The highest BCUT2D eigenvalue weighted by atomic mass is 16.4. The summed E-state index contributed by atoms with van der Waals surface area (Å²) in [6.45, 7) is 1.98. The molecular weight excluding hydrogens is 282 g/mol. The highest BCUT2D eigenvalue weighted by Gasteiger charge is 2.23. The molecule has 0 saturated heterocycles. The summed E-state index contributed by atoms with van der Waals surface area (Å²) in [5, 5.41) is 11.9. The number of nitrogens with zero attached hydrogens (tertiary/aromatic N) is 2. The number of rotatable bonds is 6. The Bertz CT molecular complexity index is 659. The Morgan fingerprint density at radius 1 is 1.27 bits per heavy atom. The van der Waals surface area contributed by atoms with Gasteiger partial charge < -0.3 is 10.4 Å². The van der Waals surface area contributed by atoms with E-state index in [-0.39, 0.29) is 0 Å². The van der Waals surface area contributed by atoms with Crippen molar-refractivity contribution in [2.45, 2.75) is 25.8 Å². The van der Waals surface area contributed by atoms with Crippen molar-refractivity contribution >= 4 is 11.9 Å². The van der Waals surface area contributed by atoms with Crippen LogP contribution in [0.15, 0.2) is 42.9 Å². The average molecular weight is 299 g/mol. The van der Waals surface area contributed by atoms with Gasteiger partial charge in [0.1, 0.15) is 6.33 Å². The van der Waals surface area contributed by atoms with E-state index in [9.17, 15) is 14.7 Å². The fourth-order valence-corrected chi connectivity index (χ4v) is 2.12. The number of aromatic nitrogens is 2. The van der Waals surface area contributed by atoms with Gasteiger partial charge >= 0.3 is 5.97 Å². The van der Waals surface area contributed by atoms with Gasteiger partial charge in [0.2, 0.25) is 0 Å². The lowest BCUT2D eigenvalue weighted by Crippen LogP contribution is -2.34. The first-order valence-corrected chi connectivity index (χ1v) is 7.01. The second-order valence-corrected chi connectivity index (χ2v) is 4.79. The summed E-state index contributed by atoms with van der Waals surface area (Å²) >= 11 is 0. The van der Waals surface area contributed by atoms with Gasteiger partial charge in [0, 0.05) is 6.20 Å². The van der Waals surface area contributed by atoms with Crippen LogP contribution in [0.1, 0.15) is 41.0 Å². The molecule has 1 aromatic heterocycles. The zero-order valence-corrected chi connectivity index (χ0v) is 12.2. The van der Waals surface area contributed by atoms with E-state index in [1.54, 1.807) is 30.3 Å². The zero-order valence-electron chi connectivity index (χ0n) is 12.2. The molecule has 0 unspecified atom stereocenters. The third-order valence-electron chi connectivity index (χ3n) is 3.18. The van der Waals surface area contributed by atoms with Crippen LogP contribution in [0, 0.1) is 0 Å². The van der Waals surface area contributed by atoms with Crippen molar-refractivity contribution in [3.05, 3.63) is 59.7 Å². The van der Waals surface area contributed by atoms with Crippen molar-refractivity contribution in [2.24, 2.45) is 0 Å².